The third-order valence-corrected chi connectivity index (χ3v) is 5.39. The Morgan fingerprint density at radius 1 is 1.06 bits per heavy atom. The average Bonchev–Trinajstić information content (AvgIpc) is 3.22. The molecule has 31 heavy (non-hydrogen) atoms. The lowest BCUT2D eigenvalue weighted by atomic mass is 10.1. The summed E-state index contributed by atoms with van der Waals surface area (Å²) < 4.78 is 13.0. The van der Waals surface area contributed by atoms with Gasteiger partial charge in [0.05, 0.1) is 13.2 Å². The van der Waals surface area contributed by atoms with Crippen molar-refractivity contribution in [2.45, 2.75) is 19.7 Å². The Balaban J connectivity index is 1.24. The summed E-state index contributed by atoms with van der Waals surface area (Å²) >= 11 is 0. The highest BCUT2D eigenvalue weighted by molar-refractivity contribution is 5.94. The van der Waals surface area contributed by atoms with Gasteiger partial charge in [-0.3, -0.25) is 9.69 Å². The molecule has 0 spiro atoms. The lowest BCUT2D eigenvalue weighted by molar-refractivity contribution is 0.0342. The minimum Gasteiger partial charge on any atom is -0.486 e. The zero-order valence-corrected chi connectivity index (χ0v) is 17.8. The van der Waals surface area contributed by atoms with Gasteiger partial charge in [0.25, 0.3) is 5.91 Å². The van der Waals surface area contributed by atoms with Gasteiger partial charge in [-0.2, -0.15) is 0 Å². The van der Waals surface area contributed by atoms with E-state index in [2.05, 4.69) is 39.5 Å². The van der Waals surface area contributed by atoms with Crippen LogP contribution in [0.2, 0.25) is 0 Å². The summed E-state index contributed by atoms with van der Waals surface area (Å²) in [5.41, 5.74) is 2.96. The number of hydrogen-bond donors (Lipinski definition) is 1. The normalized spacial score (nSPS) is 14.4. The highest BCUT2D eigenvalue weighted by atomic mass is 16.5. The fraction of sp³-hybridized carbons (Fsp3) is 0.333. The number of nitrogens with zero attached hydrogens (tertiary/aromatic N) is 3. The maximum Gasteiger partial charge on any atom is 0.251 e. The Morgan fingerprint density at radius 3 is 2.45 bits per heavy atom. The molecule has 1 aliphatic heterocycles. The van der Waals surface area contributed by atoms with E-state index in [0.29, 0.717) is 24.5 Å². The molecule has 0 bridgehead atoms. The van der Waals surface area contributed by atoms with Crippen molar-refractivity contribution in [2.75, 3.05) is 26.3 Å². The van der Waals surface area contributed by atoms with Crippen LogP contribution < -0.4 is 10.1 Å². The molecule has 0 radical (unpaired) electrons. The van der Waals surface area contributed by atoms with Crippen molar-refractivity contribution >= 4 is 5.91 Å². The summed E-state index contributed by atoms with van der Waals surface area (Å²) in [6.45, 7) is 5.38. The Bertz CT molecular complexity index is 977. The van der Waals surface area contributed by atoms with Crippen LogP contribution in [-0.2, 0) is 31.5 Å². The predicted octanol–water partition coefficient (Wildman–Crippen LogP) is 2.76. The predicted molar refractivity (Wildman–Crippen MR) is 118 cm³/mol. The van der Waals surface area contributed by atoms with Crippen molar-refractivity contribution in [3.05, 3.63) is 83.4 Å². The number of nitrogens with one attached hydrogen (secondary N) is 1. The first-order chi connectivity index (χ1) is 15.2. The molecule has 0 atom stereocenters. The van der Waals surface area contributed by atoms with Crippen molar-refractivity contribution in [1.82, 2.24) is 19.8 Å². The Hall–Kier alpha value is -3.16. The van der Waals surface area contributed by atoms with Crippen molar-refractivity contribution in [3.8, 4) is 5.75 Å². The zero-order valence-electron chi connectivity index (χ0n) is 17.8. The number of rotatable bonds is 8. The third-order valence-electron chi connectivity index (χ3n) is 5.39. The van der Waals surface area contributed by atoms with Crippen LogP contribution in [0.1, 0.15) is 27.3 Å². The van der Waals surface area contributed by atoms with E-state index in [-0.39, 0.29) is 5.91 Å². The SMILES string of the molecule is Cn1ccnc1COc1ccc(C(=O)NCc2ccc(CN3CCOCC3)cc2)cc1. The van der Waals surface area contributed by atoms with Gasteiger partial charge in [-0.25, -0.2) is 4.98 Å². The van der Waals surface area contributed by atoms with Gasteiger partial charge in [0.2, 0.25) is 0 Å². The summed E-state index contributed by atoms with van der Waals surface area (Å²) in [7, 11) is 1.93. The first-order valence-corrected chi connectivity index (χ1v) is 10.5. The molecular formula is C24H28N4O3. The molecule has 0 unspecified atom stereocenters. The second-order valence-corrected chi connectivity index (χ2v) is 7.66. The van der Waals surface area contributed by atoms with Crippen LogP contribution in [0, 0.1) is 0 Å². The quantitative estimate of drug-likeness (QED) is 0.607. The number of hydrogen-bond acceptors (Lipinski definition) is 5. The topological polar surface area (TPSA) is 68.6 Å². The van der Waals surface area contributed by atoms with Crippen molar-refractivity contribution in [2.24, 2.45) is 7.05 Å². The van der Waals surface area contributed by atoms with Gasteiger partial charge in [-0.1, -0.05) is 24.3 Å². The standard InChI is InChI=1S/C24H28N4O3/c1-27-11-10-25-23(27)18-31-22-8-6-21(7-9-22)24(29)26-16-19-2-4-20(5-3-19)17-28-12-14-30-15-13-28/h2-11H,12-18H2,1H3,(H,26,29). The summed E-state index contributed by atoms with van der Waals surface area (Å²) in [5, 5.41) is 2.98. The van der Waals surface area contributed by atoms with Crippen LogP contribution in [0.5, 0.6) is 5.75 Å². The second-order valence-electron chi connectivity index (χ2n) is 7.66. The molecule has 1 N–H and O–H groups in total. The van der Waals surface area contributed by atoms with Gasteiger partial charge in [0.1, 0.15) is 18.2 Å². The van der Waals surface area contributed by atoms with Crippen molar-refractivity contribution in [3.63, 3.8) is 0 Å². The van der Waals surface area contributed by atoms with Crippen LogP contribution in [0.15, 0.2) is 60.9 Å². The molecule has 1 fully saturated rings. The van der Waals surface area contributed by atoms with Gasteiger partial charge in [-0.15, -0.1) is 0 Å². The molecule has 2 heterocycles. The maximum atomic E-state index is 12.5. The number of morpholine rings is 1. The van der Waals surface area contributed by atoms with Gasteiger partial charge in [0.15, 0.2) is 0 Å². The van der Waals surface area contributed by atoms with Gasteiger partial charge in [-0.05, 0) is 35.4 Å². The summed E-state index contributed by atoms with van der Waals surface area (Å²) in [6.07, 6.45) is 3.62. The third kappa shape index (κ3) is 5.93. The molecule has 162 valence electrons. The number of aryl methyl sites for hydroxylation is 1. The highest BCUT2D eigenvalue weighted by Gasteiger charge is 2.11. The van der Waals surface area contributed by atoms with Crippen molar-refractivity contribution < 1.29 is 14.3 Å². The number of imidazole rings is 1. The van der Waals surface area contributed by atoms with Crippen LogP contribution in [0.25, 0.3) is 0 Å². The zero-order chi connectivity index (χ0) is 21.5. The minimum absolute atomic E-state index is 0.104. The van der Waals surface area contributed by atoms with E-state index in [1.54, 1.807) is 30.5 Å². The summed E-state index contributed by atoms with van der Waals surface area (Å²) in [5.74, 6) is 1.45. The average molecular weight is 421 g/mol. The highest BCUT2D eigenvalue weighted by Crippen LogP contribution is 2.14. The monoisotopic (exact) mass is 420 g/mol. The fourth-order valence-electron chi connectivity index (χ4n) is 3.45. The molecule has 1 saturated heterocycles. The fourth-order valence-corrected chi connectivity index (χ4v) is 3.45. The molecule has 7 heteroatoms. The Morgan fingerprint density at radius 2 is 1.77 bits per heavy atom. The molecular weight excluding hydrogens is 392 g/mol. The van der Waals surface area contributed by atoms with Crippen LogP contribution in [0.4, 0.5) is 0 Å². The molecule has 0 aliphatic carbocycles. The van der Waals surface area contributed by atoms with E-state index in [0.717, 1.165) is 44.2 Å². The molecule has 0 saturated carbocycles. The summed E-state index contributed by atoms with van der Waals surface area (Å²) in [4.78, 5) is 19.1. The number of carbonyl (C=O) groups is 1. The van der Waals surface area contributed by atoms with Crippen LogP contribution >= 0.6 is 0 Å². The summed E-state index contributed by atoms with van der Waals surface area (Å²) in [6, 6.07) is 15.6. The van der Waals surface area contributed by atoms with Gasteiger partial charge >= 0.3 is 0 Å². The van der Waals surface area contributed by atoms with Crippen LogP contribution in [0.3, 0.4) is 0 Å². The number of amides is 1. The first kappa shape index (κ1) is 21.1. The molecule has 1 aliphatic rings. The van der Waals surface area contributed by atoms with E-state index >= 15 is 0 Å². The first-order valence-electron chi connectivity index (χ1n) is 10.5. The molecule has 2 aromatic carbocycles. The van der Waals surface area contributed by atoms with Crippen LogP contribution in [-0.4, -0.2) is 46.7 Å². The molecule has 3 aromatic rings. The smallest absolute Gasteiger partial charge is 0.251 e. The number of benzene rings is 2. The molecule has 1 amide bonds. The van der Waals surface area contributed by atoms with E-state index in [1.165, 1.54) is 5.56 Å². The number of carbonyl (C=O) groups excluding carboxylic acids is 1. The van der Waals surface area contributed by atoms with Crippen molar-refractivity contribution in [1.29, 1.82) is 0 Å². The molecule has 1 aromatic heterocycles. The minimum atomic E-state index is -0.104. The maximum absolute atomic E-state index is 12.5. The van der Waals surface area contributed by atoms with E-state index < -0.39 is 0 Å². The Labute approximate surface area is 182 Å². The lowest BCUT2D eigenvalue weighted by Crippen LogP contribution is -2.35. The number of aromatic nitrogens is 2. The van der Waals surface area contributed by atoms with E-state index in [9.17, 15) is 4.79 Å². The van der Waals surface area contributed by atoms with Gasteiger partial charge < -0.3 is 19.4 Å². The molecule has 7 nitrogen and oxygen atoms in total. The number of ether oxygens (including phenoxy) is 2. The Kier molecular flexibility index (Phi) is 6.96. The lowest BCUT2D eigenvalue weighted by Gasteiger charge is -2.26. The van der Waals surface area contributed by atoms with E-state index in [4.69, 9.17) is 9.47 Å². The second kappa shape index (κ2) is 10.2. The van der Waals surface area contributed by atoms with Gasteiger partial charge in [0, 0.05) is 51.2 Å². The van der Waals surface area contributed by atoms with E-state index in [1.807, 2.05) is 17.8 Å². The molecule has 4 rings (SSSR count). The largest absolute Gasteiger partial charge is 0.486 e.